The Bertz CT molecular complexity index is 983. The normalized spacial score (nSPS) is 15.5. The first-order chi connectivity index (χ1) is 13.2. The molecular weight excluding hydrogens is 334 g/mol. The van der Waals surface area contributed by atoms with Crippen LogP contribution in [0.2, 0.25) is 0 Å². The molecule has 0 bridgehead atoms. The summed E-state index contributed by atoms with van der Waals surface area (Å²) in [7, 11) is 0. The van der Waals surface area contributed by atoms with Crippen molar-refractivity contribution in [1.29, 1.82) is 0 Å². The monoisotopic (exact) mass is 357 g/mol. The first kappa shape index (κ1) is 17.3. The third kappa shape index (κ3) is 3.31. The predicted octanol–water partition coefficient (Wildman–Crippen LogP) is 4.98. The van der Waals surface area contributed by atoms with Gasteiger partial charge in [0.1, 0.15) is 0 Å². The Balaban J connectivity index is 1.62. The van der Waals surface area contributed by atoms with E-state index in [-0.39, 0.29) is 11.9 Å². The van der Waals surface area contributed by atoms with Gasteiger partial charge >= 0.3 is 0 Å². The third-order valence-electron chi connectivity index (χ3n) is 5.09. The lowest BCUT2D eigenvalue weighted by Gasteiger charge is -2.23. The van der Waals surface area contributed by atoms with E-state index in [1.807, 2.05) is 47.4 Å². The van der Waals surface area contributed by atoms with Gasteiger partial charge in [-0.25, -0.2) is 0 Å². The Morgan fingerprint density at radius 1 is 1.15 bits per heavy atom. The first-order valence-corrected chi connectivity index (χ1v) is 9.39. The summed E-state index contributed by atoms with van der Waals surface area (Å²) in [5.74, 6) is -0.00706. The molecule has 2 heterocycles. The molecule has 1 aliphatic rings. The number of amides is 1. The number of aryl methyl sites for hydroxylation is 1. The molecule has 4 nitrogen and oxygen atoms in total. The molecule has 4 rings (SSSR count). The van der Waals surface area contributed by atoms with Crippen LogP contribution in [0.4, 0.5) is 17.1 Å². The van der Waals surface area contributed by atoms with Crippen LogP contribution in [0.5, 0.6) is 0 Å². The molecule has 0 spiro atoms. The molecule has 4 heteroatoms. The maximum atomic E-state index is 13.2. The Morgan fingerprint density at radius 2 is 1.93 bits per heavy atom. The SMILES string of the molecule is CCc1ccccc1Nc1cncc(C(=O)N2c3ccccc3CC2C)c1. The maximum Gasteiger partial charge on any atom is 0.260 e. The van der Waals surface area contributed by atoms with Gasteiger partial charge in [0.2, 0.25) is 0 Å². The highest BCUT2D eigenvalue weighted by molar-refractivity contribution is 6.08. The highest BCUT2D eigenvalue weighted by Gasteiger charge is 2.31. The molecule has 0 fully saturated rings. The van der Waals surface area contributed by atoms with Crippen molar-refractivity contribution >= 4 is 23.0 Å². The molecule has 136 valence electrons. The summed E-state index contributed by atoms with van der Waals surface area (Å²) in [5.41, 5.74) is 5.92. The van der Waals surface area contributed by atoms with E-state index in [2.05, 4.69) is 36.3 Å². The summed E-state index contributed by atoms with van der Waals surface area (Å²) in [6.45, 7) is 4.22. The molecule has 27 heavy (non-hydrogen) atoms. The molecule has 0 aliphatic carbocycles. The zero-order chi connectivity index (χ0) is 18.8. The molecule has 3 aromatic rings. The second kappa shape index (κ2) is 7.23. The molecule has 1 aliphatic heterocycles. The van der Waals surface area contributed by atoms with Crippen LogP contribution in [0.15, 0.2) is 67.0 Å². The van der Waals surface area contributed by atoms with Gasteiger partial charge in [-0.15, -0.1) is 0 Å². The zero-order valence-electron chi connectivity index (χ0n) is 15.6. The number of carbonyl (C=O) groups excluding carboxylic acids is 1. The molecule has 0 saturated heterocycles. The Morgan fingerprint density at radius 3 is 2.78 bits per heavy atom. The summed E-state index contributed by atoms with van der Waals surface area (Å²) >= 11 is 0. The quantitative estimate of drug-likeness (QED) is 0.716. The van der Waals surface area contributed by atoms with Crippen molar-refractivity contribution in [1.82, 2.24) is 4.98 Å². The number of para-hydroxylation sites is 2. The van der Waals surface area contributed by atoms with Gasteiger partial charge in [-0.2, -0.15) is 0 Å². The number of fused-ring (bicyclic) bond motifs is 1. The number of carbonyl (C=O) groups is 1. The summed E-state index contributed by atoms with van der Waals surface area (Å²) < 4.78 is 0. The van der Waals surface area contributed by atoms with Crippen molar-refractivity contribution in [2.45, 2.75) is 32.7 Å². The van der Waals surface area contributed by atoms with Gasteiger partial charge in [0, 0.05) is 23.6 Å². The van der Waals surface area contributed by atoms with E-state index in [0.717, 1.165) is 29.9 Å². The van der Waals surface area contributed by atoms with E-state index >= 15 is 0 Å². The van der Waals surface area contributed by atoms with Crippen molar-refractivity contribution in [3.63, 3.8) is 0 Å². The van der Waals surface area contributed by atoms with Crippen LogP contribution in [0.3, 0.4) is 0 Å². The summed E-state index contributed by atoms with van der Waals surface area (Å²) in [6.07, 6.45) is 5.23. The number of nitrogens with zero attached hydrogens (tertiary/aromatic N) is 2. The van der Waals surface area contributed by atoms with E-state index in [9.17, 15) is 4.79 Å². The van der Waals surface area contributed by atoms with Crippen molar-refractivity contribution < 1.29 is 4.79 Å². The molecule has 0 radical (unpaired) electrons. The van der Waals surface area contributed by atoms with Gasteiger partial charge < -0.3 is 10.2 Å². The van der Waals surface area contributed by atoms with Crippen LogP contribution in [0, 0.1) is 0 Å². The second-order valence-corrected chi connectivity index (χ2v) is 6.96. The van der Waals surface area contributed by atoms with Crippen molar-refractivity contribution in [3.05, 3.63) is 83.7 Å². The maximum absolute atomic E-state index is 13.2. The Hall–Kier alpha value is -3.14. The second-order valence-electron chi connectivity index (χ2n) is 6.96. The van der Waals surface area contributed by atoms with E-state index < -0.39 is 0 Å². The lowest BCUT2D eigenvalue weighted by molar-refractivity contribution is 0.0981. The number of nitrogens with one attached hydrogen (secondary N) is 1. The molecular formula is C23H23N3O. The predicted molar refractivity (Wildman–Crippen MR) is 110 cm³/mol. The fourth-order valence-electron chi connectivity index (χ4n) is 3.75. The van der Waals surface area contributed by atoms with Gasteiger partial charge in [-0.3, -0.25) is 9.78 Å². The van der Waals surface area contributed by atoms with E-state index in [1.54, 1.807) is 12.4 Å². The minimum atomic E-state index is -0.00706. The average Bonchev–Trinajstić information content (AvgIpc) is 3.03. The van der Waals surface area contributed by atoms with Crippen molar-refractivity contribution in [3.8, 4) is 0 Å². The van der Waals surface area contributed by atoms with E-state index in [0.29, 0.717) is 5.56 Å². The lowest BCUT2D eigenvalue weighted by Crippen LogP contribution is -2.35. The first-order valence-electron chi connectivity index (χ1n) is 9.39. The third-order valence-corrected chi connectivity index (χ3v) is 5.09. The van der Waals surface area contributed by atoms with Gasteiger partial charge in [0.05, 0.1) is 17.4 Å². The van der Waals surface area contributed by atoms with Gasteiger partial charge in [-0.1, -0.05) is 43.3 Å². The van der Waals surface area contributed by atoms with E-state index in [1.165, 1.54) is 11.1 Å². The van der Waals surface area contributed by atoms with Crippen LogP contribution in [0.1, 0.15) is 35.3 Å². The number of pyridine rings is 1. The summed E-state index contributed by atoms with van der Waals surface area (Å²) in [6, 6.07) is 18.3. The zero-order valence-corrected chi connectivity index (χ0v) is 15.6. The highest BCUT2D eigenvalue weighted by atomic mass is 16.2. The van der Waals surface area contributed by atoms with Crippen LogP contribution in [-0.2, 0) is 12.8 Å². The van der Waals surface area contributed by atoms with Crippen LogP contribution >= 0.6 is 0 Å². The Kier molecular flexibility index (Phi) is 4.63. The highest BCUT2D eigenvalue weighted by Crippen LogP contribution is 2.33. The fraction of sp³-hybridized carbons (Fsp3) is 0.217. The molecule has 1 atom stereocenters. The topological polar surface area (TPSA) is 45.2 Å². The molecule has 1 aromatic heterocycles. The average molecular weight is 357 g/mol. The molecule has 1 N–H and O–H groups in total. The number of hydrogen-bond donors (Lipinski definition) is 1. The van der Waals surface area contributed by atoms with E-state index in [4.69, 9.17) is 0 Å². The number of hydrogen-bond acceptors (Lipinski definition) is 3. The smallest absolute Gasteiger partial charge is 0.260 e. The van der Waals surface area contributed by atoms with Crippen LogP contribution in [0.25, 0.3) is 0 Å². The largest absolute Gasteiger partial charge is 0.354 e. The standard InChI is InChI=1S/C23H23N3O/c1-3-17-8-4-6-10-21(17)25-20-13-19(14-24-15-20)23(27)26-16(2)12-18-9-5-7-11-22(18)26/h4-11,13-16,25H,3,12H2,1-2H3. The molecule has 1 unspecified atom stereocenters. The number of benzene rings is 2. The summed E-state index contributed by atoms with van der Waals surface area (Å²) in [4.78, 5) is 19.4. The molecule has 2 aromatic carbocycles. The Labute approximate surface area is 159 Å². The molecule has 0 saturated carbocycles. The minimum absolute atomic E-state index is 0.00706. The fourth-order valence-corrected chi connectivity index (χ4v) is 3.75. The van der Waals surface area contributed by atoms with Crippen LogP contribution in [-0.4, -0.2) is 16.9 Å². The number of aromatic nitrogens is 1. The lowest BCUT2D eigenvalue weighted by atomic mass is 10.1. The molecule has 1 amide bonds. The van der Waals surface area contributed by atoms with Crippen molar-refractivity contribution in [2.75, 3.05) is 10.2 Å². The van der Waals surface area contributed by atoms with Gasteiger partial charge in [-0.05, 0) is 49.1 Å². The van der Waals surface area contributed by atoms with Gasteiger partial charge in [0.25, 0.3) is 5.91 Å². The number of anilines is 3. The van der Waals surface area contributed by atoms with Crippen molar-refractivity contribution in [2.24, 2.45) is 0 Å². The van der Waals surface area contributed by atoms with Gasteiger partial charge in [0.15, 0.2) is 0 Å². The number of rotatable bonds is 4. The minimum Gasteiger partial charge on any atom is -0.354 e. The van der Waals surface area contributed by atoms with Crippen LogP contribution < -0.4 is 10.2 Å². The summed E-state index contributed by atoms with van der Waals surface area (Å²) in [5, 5.41) is 3.41.